The van der Waals surface area contributed by atoms with Gasteiger partial charge in [-0.25, -0.2) is 4.39 Å². The van der Waals surface area contributed by atoms with Crippen molar-refractivity contribution < 1.29 is 23.4 Å². The van der Waals surface area contributed by atoms with Crippen molar-refractivity contribution in [1.29, 1.82) is 0 Å². The second-order valence-electron chi connectivity index (χ2n) is 9.75. The Morgan fingerprint density at radius 1 is 0.944 bits per heavy atom. The summed E-state index contributed by atoms with van der Waals surface area (Å²) in [6.45, 7) is 8.61. The molecule has 5 heteroatoms. The van der Waals surface area contributed by atoms with Crippen molar-refractivity contribution in [2.45, 2.75) is 52.1 Å². The van der Waals surface area contributed by atoms with Crippen LogP contribution in [0.1, 0.15) is 56.7 Å². The average molecular weight is 491 g/mol. The van der Waals surface area contributed by atoms with E-state index in [2.05, 4.69) is 20.8 Å². The first-order chi connectivity index (χ1) is 17.2. The van der Waals surface area contributed by atoms with Gasteiger partial charge in [0.25, 0.3) is 0 Å². The molecule has 1 atom stereocenters. The van der Waals surface area contributed by atoms with Crippen LogP contribution in [-0.4, -0.2) is 20.2 Å². The van der Waals surface area contributed by atoms with Gasteiger partial charge in [-0.1, -0.05) is 57.2 Å². The molecule has 0 aromatic heterocycles. The Kier molecular flexibility index (Phi) is 8.92. The first kappa shape index (κ1) is 27.0. The van der Waals surface area contributed by atoms with Gasteiger partial charge in [-0.2, -0.15) is 0 Å². The highest BCUT2D eigenvalue weighted by Crippen LogP contribution is 2.37. The highest BCUT2D eigenvalue weighted by Gasteiger charge is 2.21. The molecule has 36 heavy (non-hydrogen) atoms. The van der Waals surface area contributed by atoms with Gasteiger partial charge in [-0.05, 0) is 71.0 Å². The number of methoxy groups -OCH3 is 2. The summed E-state index contributed by atoms with van der Waals surface area (Å²) in [6.07, 6.45) is 4.20. The molecule has 190 valence electrons. The summed E-state index contributed by atoms with van der Waals surface area (Å²) in [5.41, 5.74) is 4.15. The van der Waals surface area contributed by atoms with Crippen LogP contribution in [0.4, 0.5) is 4.39 Å². The van der Waals surface area contributed by atoms with Gasteiger partial charge in [-0.15, -0.1) is 0 Å². The van der Waals surface area contributed by atoms with E-state index >= 15 is 0 Å². The molecule has 0 amide bonds. The minimum atomic E-state index is -0.294. The maximum absolute atomic E-state index is 14.9. The third kappa shape index (κ3) is 6.75. The first-order valence-electron chi connectivity index (χ1n) is 12.1. The van der Waals surface area contributed by atoms with Gasteiger partial charge in [0.2, 0.25) is 0 Å². The number of carbonyl (C=O) groups excluding carboxylic acids is 1. The molecule has 0 unspecified atom stereocenters. The number of halogens is 1. The van der Waals surface area contributed by atoms with E-state index < -0.39 is 0 Å². The lowest BCUT2D eigenvalue weighted by Crippen LogP contribution is -2.13. The van der Waals surface area contributed by atoms with E-state index in [1.54, 1.807) is 19.2 Å². The van der Waals surface area contributed by atoms with E-state index in [0.29, 0.717) is 23.7 Å². The predicted octanol–water partition coefficient (Wildman–Crippen LogP) is 7.60. The highest BCUT2D eigenvalue weighted by atomic mass is 19.1. The van der Waals surface area contributed by atoms with E-state index in [0.717, 1.165) is 22.3 Å². The van der Waals surface area contributed by atoms with Crippen molar-refractivity contribution in [3.05, 3.63) is 95.3 Å². The van der Waals surface area contributed by atoms with Crippen LogP contribution in [0.15, 0.2) is 72.8 Å². The Morgan fingerprint density at radius 3 is 2.25 bits per heavy atom. The molecule has 0 heterocycles. The Morgan fingerprint density at radius 2 is 1.64 bits per heavy atom. The average Bonchev–Trinajstić information content (AvgIpc) is 2.87. The van der Waals surface area contributed by atoms with E-state index in [4.69, 9.17) is 14.2 Å². The zero-order valence-corrected chi connectivity index (χ0v) is 21.9. The molecule has 3 aromatic carbocycles. The highest BCUT2D eigenvalue weighted by molar-refractivity contribution is 5.72. The van der Waals surface area contributed by atoms with Gasteiger partial charge in [0.15, 0.2) is 0 Å². The van der Waals surface area contributed by atoms with Crippen LogP contribution in [0.5, 0.6) is 11.5 Å². The molecule has 4 nitrogen and oxygen atoms in total. The van der Waals surface area contributed by atoms with E-state index in [-0.39, 0.29) is 29.5 Å². The lowest BCUT2D eigenvalue weighted by molar-refractivity contribution is -0.140. The monoisotopic (exact) mass is 490 g/mol. The molecule has 0 N–H and O–H groups in total. The molecule has 0 aliphatic carbocycles. The quantitative estimate of drug-likeness (QED) is 0.229. The van der Waals surface area contributed by atoms with Gasteiger partial charge in [-0.3, -0.25) is 4.79 Å². The summed E-state index contributed by atoms with van der Waals surface area (Å²) in [4.78, 5) is 11.8. The third-order valence-electron chi connectivity index (χ3n) is 6.11. The first-order valence-corrected chi connectivity index (χ1v) is 12.1. The number of rotatable bonds is 9. The lowest BCUT2D eigenvalue weighted by Gasteiger charge is -2.24. The van der Waals surface area contributed by atoms with Crippen LogP contribution in [0.25, 0.3) is 11.1 Å². The Balaban J connectivity index is 1.84. The maximum atomic E-state index is 14.9. The fraction of sp³-hybridized carbons (Fsp3) is 0.323. The van der Waals surface area contributed by atoms with Crippen LogP contribution in [0, 0.1) is 5.82 Å². The normalized spacial score (nSPS) is 12.4. The van der Waals surface area contributed by atoms with E-state index in [1.807, 2.05) is 61.5 Å². The Bertz CT molecular complexity index is 1210. The summed E-state index contributed by atoms with van der Waals surface area (Å²) in [5, 5.41) is 0. The number of esters is 1. The molecule has 0 saturated carbocycles. The lowest BCUT2D eigenvalue weighted by atomic mass is 9.81. The van der Waals surface area contributed by atoms with E-state index in [9.17, 15) is 9.18 Å². The molecule has 0 spiro atoms. The topological polar surface area (TPSA) is 44.8 Å². The van der Waals surface area contributed by atoms with Crippen LogP contribution in [0.2, 0.25) is 0 Å². The minimum absolute atomic E-state index is 0.0539. The molecule has 0 aliphatic rings. The number of carbonyl (C=O) groups is 1. The smallest absolute Gasteiger partial charge is 0.306 e. The second kappa shape index (κ2) is 11.9. The summed E-state index contributed by atoms with van der Waals surface area (Å²) in [6, 6.07) is 18.6. The van der Waals surface area contributed by atoms with Crippen molar-refractivity contribution in [3.63, 3.8) is 0 Å². The van der Waals surface area contributed by atoms with Gasteiger partial charge in [0, 0.05) is 11.5 Å². The third-order valence-corrected chi connectivity index (χ3v) is 6.11. The number of ether oxygens (including phenoxy) is 3. The molecule has 0 saturated heterocycles. The van der Waals surface area contributed by atoms with Crippen LogP contribution >= 0.6 is 0 Å². The summed E-state index contributed by atoms with van der Waals surface area (Å²) >= 11 is 0. The number of benzene rings is 3. The molecular weight excluding hydrogens is 455 g/mol. The van der Waals surface area contributed by atoms with Gasteiger partial charge < -0.3 is 14.2 Å². The van der Waals surface area contributed by atoms with E-state index in [1.165, 1.54) is 13.2 Å². The number of hydrogen-bond acceptors (Lipinski definition) is 4. The molecule has 3 rings (SSSR count). The van der Waals surface area contributed by atoms with Gasteiger partial charge in [0.05, 0.1) is 20.6 Å². The minimum Gasteiger partial charge on any atom is -0.497 e. The molecule has 0 aliphatic heterocycles. The van der Waals surface area contributed by atoms with Gasteiger partial charge in [0.1, 0.15) is 23.9 Å². The van der Waals surface area contributed by atoms with Crippen molar-refractivity contribution in [2.24, 2.45) is 0 Å². The Hall–Kier alpha value is -3.60. The summed E-state index contributed by atoms with van der Waals surface area (Å²) in [5.74, 6) is 0.723. The van der Waals surface area contributed by atoms with Crippen LogP contribution in [0.3, 0.4) is 0 Å². The van der Waals surface area contributed by atoms with Crippen LogP contribution in [-0.2, 0) is 21.6 Å². The molecule has 0 radical (unpaired) electrons. The summed E-state index contributed by atoms with van der Waals surface area (Å²) in [7, 11) is 2.97. The molecule has 0 bridgehead atoms. The standard InChI is InChI=1S/C31H35FO4/c1-7-8-23(18-30(33)35-6)22-10-12-24(13-11-22)36-20-21-9-15-28(31(2,3)4)26(17-21)27-19-25(34-5)14-16-29(27)32/h7-17,19,23H,18,20H2,1-6H3/b8-7-/t23-/m0/s1. The van der Waals surface area contributed by atoms with Crippen molar-refractivity contribution in [2.75, 3.05) is 14.2 Å². The number of hydrogen-bond donors (Lipinski definition) is 0. The van der Waals surface area contributed by atoms with Crippen molar-refractivity contribution in [1.82, 2.24) is 0 Å². The van der Waals surface area contributed by atoms with Gasteiger partial charge >= 0.3 is 5.97 Å². The van der Waals surface area contributed by atoms with Crippen LogP contribution < -0.4 is 9.47 Å². The fourth-order valence-corrected chi connectivity index (χ4v) is 4.17. The van der Waals surface area contributed by atoms with Crippen molar-refractivity contribution in [3.8, 4) is 22.6 Å². The zero-order valence-electron chi connectivity index (χ0n) is 21.9. The molecular formula is C31H35FO4. The Labute approximate surface area is 213 Å². The predicted molar refractivity (Wildman–Crippen MR) is 142 cm³/mol. The fourth-order valence-electron chi connectivity index (χ4n) is 4.17. The molecule has 3 aromatic rings. The largest absolute Gasteiger partial charge is 0.497 e. The molecule has 0 fully saturated rings. The van der Waals surface area contributed by atoms with Crippen molar-refractivity contribution >= 4 is 5.97 Å². The zero-order chi connectivity index (χ0) is 26.3. The number of allylic oxidation sites excluding steroid dienone is 2. The SMILES string of the molecule is C/C=C\[C@@H](CC(=O)OC)c1ccc(OCc2ccc(C(C)(C)C)c(-c3cc(OC)ccc3F)c2)cc1. The summed E-state index contributed by atoms with van der Waals surface area (Å²) < 4.78 is 31.1. The second-order valence-corrected chi connectivity index (χ2v) is 9.75. The maximum Gasteiger partial charge on any atom is 0.306 e.